The van der Waals surface area contributed by atoms with Crippen LogP contribution in [0.25, 0.3) is 0 Å². The number of benzene rings is 2. The van der Waals surface area contributed by atoms with E-state index in [1.165, 1.54) is 0 Å². The Morgan fingerprint density at radius 2 is 1.72 bits per heavy atom. The number of para-hydroxylation sites is 2. The van der Waals surface area contributed by atoms with Gasteiger partial charge in [-0.05, 0) is 59.1 Å². The Balaban J connectivity index is 1.81. The molecule has 0 unspecified atom stereocenters. The summed E-state index contributed by atoms with van der Waals surface area (Å²) in [5, 5.41) is 6.04. The van der Waals surface area contributed by atoms with Crippen LogP contribution in [-0.2, 0) is 0 Å². The number of carbonyl (C=O) groups excluding carboxylic acids is 1. The Bertz CT molecular complexity index is 907. The van der Waals surface area contributed by atoms with Gasteiger partial charge in [0.1, 0.15) is 5.69 Å². The Morgan fingerprint density at radius 3 is 2.44 bits per heavy atom. The summed E-state index contributed by atoms with van der Waals surface area (Å²) in [5.41, 5.74) is 3.95. The molecule has 2 N–H and O–H groups in total. The van der Waals surface area contributed by atoms with E-state index in [1.807, 2.05) is 56.3 Å². The number of nitrogens with zero attached hydrogens (tertiary/aromatic N) is 2. The molecule has 1 heterocycles. The van der Waals surface area contributed by atoms with Crippen molar-refractivity contribution in [3.8, 4) is 0 Å². The Morgan fingerprint density at radius 1 is 1.00 bits per heavy atom. The molecular weight excluding hydrogens is 380 g/mol. The molecule has 3 rings (SSSR count). The lowest BCUT2D eigenvalue weighted by Gasteiger charge is -2.12. The summed E-state index contributed by atoms with van der Waals surface area (Å²) in [4.78, 5) is 21.0. The number of nitrogens with one attached hydrogen (secondary N) is 2. The molecule has 0 fully saturated rings. The molecule has 0 aliphatic heterocycles. The average molecular weight is 397 g/mol. The third kappa shape index (κ3) is 4.03. The van der Waals surface area contributed by atoms with Crippen LogP contribution in [0, 0.1) is 13.8 Å². The van der Waals surface area contributed by atoms with Gasteiger partial charge in [-0.15, -0.1) is 0 Å². The highest BCUT2D eigenvalue weighted by atomic mass is 79.9. The maximum Gasteiger partial charge on any atom is 0.274 e. The van der Waals surface area contributed by atoms with Gasteiger partial charge in [-0.2, -0.15) is 0 Å². The number of halogens is 1. The molecule has 126 valence electrons. The van der Waals surface area contributed by atoms with Crippen molar-refractivity contribution in [3.05, 3.63) is 76.0 Å². The molecule has 0 saturated heterocycles. The van der Waals surface area contributed by atoms with Crippen LogP contribution in [0.1, 0.15) is 21.6 Å². The number of anilines is 3. The monoisotopic (exact) mass is 396 g/mol. The molecule has 0 bridgehead atoms. The van der Waals surface area contributed by atoms with E-state index in [-0.39, 0.29) is 5.91 Å². The molecule has 3 aromatic rings. The first kappa shape index (κ1) is 17.1. The van der Waals surface area contributed by atoms with E-state index in [0.29, 0.717) is 11.6 Å². The molecular formula is C19H17BrN4O. The second kappa shape index (κ2) is 7.44. The molecule has 0 saturated carbocycles. The van der Waals surface area contributed by atoms with E-state index in [4.69, 9.17) is 0 Å². The number of rotatable bonds is 4. The molecule has 0 aliphatic carbocycles. The fraction of sp³-hybridized carbons (Fsp3) is 0.105. The van der Waals surface area contributed by atoms with Gasteiger partial charge in [0.05, 0.1) is 5.69 Å². The Kier molecular flexibility index (Phi) is 5.09. The molecule has 0 radical (unpaired) electrons. The lowest BCUT2D eigenvalue weighted by Crippen LogP contribution is -2.16. The van der Waals surface area contributed by atoms with E-state index >= 15 is 0 Å². The van der Waals surface area contributed by atoms with Gasteiger partial charge in [0.15, 0.2) is 0 Å². The topological polar surface area (TPSA) is 66.9 Å². The average Bonchev–Trinajstić information content (AvgIpc) is 2.60. The lowest BCUT2D eigenvalue weighted by molar-refractivity contribution is 0.102. The van der Waals surface area contributed by atoms with Crippen LogP contribution in [0.3, 0.4) is 0 Å². The molecule has 1 aromatic heterocycles. The molecule has 1 amide bonds. The number of hydrogen-bond donors (Lipinski definition) is 2. The van der Waals surface area contributed by atoms with Crippen molar-refractivity contribution < 1.29 is 4.79 Å². The Labute approximate surface area is 154 Å². The van der Waals surface area contributed by atoms with E-state index in [2.05, 4.69) is 36.5 Å². The van der Waals surface area contributed by atoms with Gasteiger partial charge in [-0.1, -0.05) is 30.3 Å². The van der Waals surface area contributed by atoms with E-state index in [9.17, 15) is 4.79 Å². The normalized spacial score (nSPS) is 10.4. The molecule has 0 spiro atoms. The van der Waals surface area contributed by atoms with Crippen molar-refractivity contribution in [1.82, 2.24) is 9.97 Å². The summed E-state index contributed by atoms with van der Waals surface area (Å²) < 4.78 is 0.893. The summed E-state index contributed by atoms with van der Waals surface area (Å²) in [6, 6.07) is 15.1. The van der Waals surface area contributed by atoms with Gasteiger partial charge >= 0.3 is 0 Å². The van der Waals surface area contributed by atoms with Crippen LogP contribution in [0.15, 0.2) is 59.2 Å². The molecule has 2 aromatic carbocycles. The number of aromatic nitrogens is 2. The molecule has 25 heavy (non-hydrogen) atoms. The second-order valence-electron chi connectivity index (χ2n) is 5.59. The number of carbonyl (C=O) groups is 1. The first-order valence-corrected chi connectivity index (χ1v) is 8.56. The smallest absolute Gasteiger partial charge is 0.274 e. The highest BCUT2D eigenvalue weighted by molar-refractivity contribution is 9.10. The van der Waals surface area contributed by atoms with Gasteiger partial charge in [-0.3, -0.25) is 4.79 Å². The molecule has 5 nitrogen and oxygen atoms in total. The highest BCUT2D eigenvalue weighted by Gasteiger charge is 2.12. The van der Waals surface area contributed by atoms with Crippen LogP contribution in [-0.4, -0.2) is 15.9 Å². The molecule has 0 atom stereocenters. The van der Waals surface area contributed by atoms with Crippen molar-refractivity contribution >= 4 is 39.2 Å². The number of aryl methyl sites for hydroxylation is 2. The third-order valence-corrected chi connectivity index (χ3v) is 4.42. The fourth-order valence-electron chi connectivity index (χ4n) is 2.42. The third-order valence-electron chi connectivity index (χ3n) is 3.73. The zero-order chi connectivity index (χ0) is 17.8. The maximum absolute atomic E-state index is 12.6. The summed E-state index contributed by atoms with van der Waals surface area (Å²) in [6.07, 6.45) is 1.56. The van der Waals surface area contributed by atoms with Crippen molar-refractivity contribution in [2.75, 3.05) is 10.6 Å². The predicted octanol–water partition coefficient (Wildman–Crippen LogP) is 4.85. The SMILES string of the molecule is Cc1cccc(C)c1NC(=O)c1ccnc(Nc2ccccc2Br)n1. The van der Waals surface area contributed by atoms with E-state index in [0.717, 1.165) is 27.0 Å². The molecule has 0 aliphatic rings. The fourth-order valence-corrected chi connectivity index (χ4v) is 2.80. The maximum atomic E-state index is 12.6. The van der Waals surface area contributed by atoms with Crippen LogP contribution >= 0.6 is 15.9 Å². The van der Waals surface area contributed by atoms with E-state index < -0.39 is 0 Å². The first-order chi connectivity index (χ1) is 12.0. The predicted molar refractivity (Wildman–Crippen MR) is 103 cm³/mol. The quantitative estimate of drug-likeness (QED) is 0.661. The van der Waals surface area contributed by atoms with Gasteiger partial charge in [0, 0.05) is 16.4 Å². The van der Waals surface area contributed by atoms with Crippen LogP contribution in [0.4, 0.5) is 17.3 Å². The minimum Gasteiger partial charge on any atom is -0.323 e. The largest absolute Gasteiger partial charge is 0.323 e. The van der Waals surface area contributed by atoms with Crippen molar-refractivity contribution in [2.24, 2.45) is 0 Å². The van der Waals surface area contributed by atoms with Crippen molar-refractivity contribution in [2.45, 2.75) is 13.8 Å². The lowest BCUT2D eigenvalue weighted by atomic mass is 10.1. The van der Waals surface area contributed by atoms with Gasteiger partial charge in [0.2, 0.25) is 5.95 Å². The number of hydrogen-bond acceptors (Lipinski definition) is 4. The summed E-state index contributed by atoms with van der Waals surface area (Å²) >= 11 is 3.46. The van der Waals surface area contributed by atoms with Crippen LogP contribution < -0.4 is 10.6 Å². The van der Waals surface area contributed by atoms with Crippen molar-refractivity contribution in [1.29, 1.82) is 0 Å². The standard InChI is InChI=1S/C19H17BrN4O/c1-12-6-5-7-13(2)17(12)24-18(25)16-10-11-21-19(23-16)22-15-9-4-3-8-14(15)20/h3-11H,1-2H3,(H,24,25)(H,21,22,23). The summed E-state index contributed by atoms with van der Waals surface area (Å²) in [5.74, 6) is 0.0935. The number of amides is 1. The summed E-state index contributed by atoms with van der Waals surface area (Å²) in [6.45, 7) is 3.92. The van der Waals surface area contributed by atoms with Gasteiger partial charge in [0.25, 0.3) is 5.91 Å². The minimum atomic E-state index is -0.269. The van der Waals surface area contributed by atoms with E-state index in [1.54, 1.807) is 12.3 Å². The Hall–Kier alpha value is -2.73. The van der Waals surface area contributed by atoms with Gasteiger partial charge in [-0.25, -0.2) is 9.97 Å². The highest BCUT2D eigenvalue weighted by Crippen LogP contribution is 2.24. The van der Waals surface area contributed by atoms with Crippen LogP contribution in [0.5, 0.6) is 0 Å². The van der Waals surface area contributed by atoms with Gasteiger partial charge < -0.3 is 10.6 Å². The second-order valence-corrected chi connectivity index (χ2v) is 6.45. The minimum absolute atomic E-state index is 0.269. The zero-order valence-electron chi connectivity index (χ0n) is 13.9. The zero-order valence-corrected chi connectivity index (χ0v) is 15.5. The van der Waals surface area contributed by atoms with Crippen molar-refractivity contribution in [3.63, 3.8) is 0 Å². The van der Waals surface area contributed by atoms with Crippen LogP contribution in [0.2, 0.25) is 0 Å². The summed E-state index contributed by atoms with van der Waals surface area (Å²) in [7, 11) is 0. The first-order valence-electron chi connectivity index (χ1n) is 7.77. The molecule has 6 heteroatoms.